The molecule has 0 aliphatic heterocycles. The van der Waals surface area contributed by atoms with E-state index in [-0.39, 0.29) is 5.60 Å². The van der Waals surface area contributed by atoms with Gasteiger partial charge in [-0.1, -0.05) is 46.0 Å². The summed E-state index contributed by atoms with van der Waals surface area (Å²) in [5, 5.41) is 0. The minimum atomic E-state index is 0.265. The predicted octanol–water partition coefficient (Wildman–Crippen LogP) is 4.55. The molecule has 0 bridgehead atoms. The second-order valence-electron chi connectivity index (χ2n) is 5.27. The first-order chi connectivity index (χ1) is 7.23. The molecule has 1 aliphatic carbocycles. The van der Waals surface area contributed by atoms with Crippen LogP contribution in [0.5, 0.6) is 0 Å². The highest BCUT2D eigenvalue weighted by molar-refractivity contribution is 5.01. The standard InChI is InChI=1S/C14H28O/c1-4-6-7-8-9-10-13-12-14(13,3)15-11-5-2/h13H,4-12H2,1-3H3. The van der Waals surface area contributed by atoms with Gasteiger partial charge in [0.05, 0.1) is 5.60 Å². The highest BCUT2D eigenvalue weighted by atomic mass is 16.5. The van der Waals surface area contributed by atoms with Crippen molar-refractivity contribution in [3.8, 4) is 0 Å². The van der Waals surface area contributed by atoms with E-state index in [9.17, 15) is 0 Å². The minimum Gasteiger partial charge on any atom is -0.375 e. The van der Waals surface area contributed by atoms with E-state index in [1.165, 1.54) is 44.9 Å². The lowest BCUT2D eigenvalue weighted by Gasteiger charge is -2.12. The van der Waals surface area contributed by atoms with Gasteiger partial charge in [0, 0.05) is 6.61 Å². The Labute approximate surface area is 95.6 Å². The molecule has 0 aromatic rings. The molecule has 1 heteroatoms. The van der Waals surface area contributed by atoms with Gasteiger partial charge in [0.15, 0.2) is 0 Å². The summed E-state index contributed by atoms with van der Waals surface area (Å²) in [5.74, 6) is 0.866. The molecule has 2 unspecified atom stereocenters. The Bertz CT molecular complexity index is 167. The SMILES string of the molecule is CCCCCCCC1CC1(C)OCCC. The van der Waals surface area contributed by atoms with E-state index >= 15 is 0 Å². The van der Waals surface area contributed by atoms with Crippen molar-refractivity contribution in [2.75, 3.05) is 6.61 Å². The maximum atomic E-state index is 5.88. The van der Waals surface area contributed by atoms with Crippen molar-refractivity contribution in [3.63, 3.8) is 0 Å². The van der Waals surface area contributed by atoms with E-state index in [0.29, 0.717) is 0 Å². The quantitative estimate of drug-likeness (QED) is 0.509. The molecule has 2 atom stereocenters. The second-order valence-corrected chi connectivity index (χ2v) is 5.27. The molecule has 1 aliphatic rings. The Morgan fingerprint density at radius 1 is 1.07 bits per heavy atom. The first-order valence-electron chi connectivity index (χ1n) is 6.87. The van der Waals surface area contributed by atoms with Crippen LogP contribution in [0.25, 0.3) is 0 Å². The minimum absolute atomic E-state index is 0.265. The molecule has 0 N–H and O–H groups in total. The van der Waals surface area contributed by atoms with Crippen molar-refractivity contribution in [1.82, 2.24) is 0 Å². The summed E-state index contributed by atoms with van der Waals surface area (Å²) in [7, 11) is 0. The Morgan fingerprint density at radius 3 is 2.47 bits per heavy atom. The van der Waals surface area contributed by atoms with Crippen LogP contribution in [-0.2, 0) is 4.74 Å². The fourth-order valence-corrected chi connectivity index (χ4v) is 2.34. The fraction of sp³-hybridized carbons (Fsp3) is 1.00. The van der Waals surface area contributed by atoms with E-state index in [4.69, 9.17) is 4.74 Å². The Morgan fingerprint density at radius 2 is 1.80 bits per heavy atom. The van der Waals surface area contributed by atoms with Crippen molar-refractivity contribution in [3.05, 3.63) is 0 Å². The molecule has 0 aromatic carbocycles. The molecule has 1 nitrogen and oxygen atoms in total. The average Bonchev–Trinajstić information content (AvgIpc) is 2.87. The summed E-state index contributed by atoms with van der Waals surface area (Å²) in [6.45, 7) is 7.70. The van der Waals surface area contributed by atoms with Crippen molar-refractivity contribution in [1.29, 1.82) is 0 Å². The third-order valence-electron chi connectivity index (χ3n) is 3.65. The van der Waals surface area contributed by atoms with Crippen molar-refractivity contribution in [2.45, 2.75) is 77.7 Å². The van der Waals surface area contributed by atoms with E-state index < -0.39 is 0 Å². The first-order valence-corrected chi connectivity index (χ1v) is 6.87. The van der Waals surface area contributed by atoms with Gasteiger partial charge in [-0.15, -0.1) is 0 Å². The van der Waals surface area contributed by atoms with Crippen LogP contribution in [0.15, 0.2) is 0 Å². The van der Waals surface area contributed by atoms with Gasteiger partial charge < -0.3 is 4.74 Å². The monoisotopic (exact) mass is 212 g/mol. The number of hydrogen-bond donors (Lipinski definition) is 0. The molecule has 0 spiro atoms. The Hall–Kier alpha value is -0.0400. The number of rotatable bonds is 9. The van der Waals surface area contributed by atoms with Crippen LogP contribution in [-0.4, -0.2) is 12.2 Å². The molecule has 0 amide bonds. The lowest BCUT2D eigenvalue weighted by molar-refractivity contribution is 0.0332. The van der Waals surface area contributed by atoms with Crippen molar-refractivity contribution >= 4 is 0 Å². The largest absolute Gasteiger partial charge is 0.375 e. The van der Waals surface area contributed by atoms with Crippen LogP contribution in [0.3, 0.4) is 0 Å². The normalized spacial score (nSPS) is 29.4. The molecule has 0 heterocycles. The summed E-state index contributed by atoms with van der Waals surface area (Å²) < 4.78 is 5.88. The van der Waals surface area contributed by atoms with Crippen LogP contribution >= 0.6 is 0 Å². The van der Waals surface area contributed by atoms with Crippen LogP contribution in [0.4, 0.5) is 0 Å². The highest BCUT2D eigenvalue weighted by Crippen LogP contribution is 2.49. The van der Waals surface area contributed by atoms with Gasteiger partial charge in [0.1, 0.15) is 0 Å². The van der Waals surface area contributed by atoms with Crippen LogP contribution < -0.4 is 0 Å². The zero-order chi connectivity index (χ0) is 11.1. The van der Waals surface area contributed by atoms with Crippen LogP contribution in [0.2, 0.25) is 0 Å². The average molecular weight is 212 g/mol. The Balaban J connectivity index is 1.96. The zero-order valence-electron chi connectivity index (χ0n) is 10.8. The third-order valence-corrected chi connectivity index (χ3v) is 3.65. The number of ether oxygens (including phenoxy) is 1. The van der Waals surface area contributed by atoms with E-state index in [1.807, 2.05) is 0 Å². The summed E-state index contributed by atoms with van der Waals surface area (Å²) in [5.41, 5.74) is 0.265. The second kappa shape index (κ2) is 6.52. The number of unbranched alkanes of at least 4 members (excludes halogenated alkanes) is 4. The van der Waals surface area contributed by atoms with E-state index in [0.717, 1.165) is 18.9 Å². The molecule has 0 aromatic heterocycles. The van der Waals surface area contributed by atoms with Gasteiger partial charge in [0.2, 0.25) is 0 Å². The van der Waals surface area contributed by atoms with Gasteiger partial charge in [-0.2, -0.15) is 0 Å². The molecule has 15 heavy (non-hydrogen) atoms. The summed E-state index contributed by atoms with van der Waals surface area (Å²) in [4.78, 5) is 0. The first kappa shape index (κ1) is 13.0. The summed E-state index contributed by atoms with van der Waals surface area (Å²) >= 11 is 0. The predicted molar refractivity (Wildman–Crippen MR) is 66.1 cm³/mol. The van der Waals surface area contributed by atoms with Crippen LogP contribution in [0, 0.1) is 5.92 Å². The smallest absolute Gasteiger partial charge is 0.0687 e. The fourth-order valence-electron chi connectivity index (χ4n) is 2.34. The van der Waals surface area contributed by atoms with Gasteiger partial charge in [-0.3, -0.25) is 0 Å². The molecule has 0 radical (unpaired) electrons. The molecule has 0 saturated heterocycles. The van der Waals surface area contributed by atoms with Gasteiger partial charge in [-0.25, -0.2) is 0 Å². The molecular formula is C14H28O. The van der Waals surface area contributed by atoms with E-state index in [1.54, 1.807) is 0 Å². The highest BCUT2D eigenvalue weighted by Gasteiger charge is 2.50. The van der Waals surface area contributed by atoms with Gasteiger partial charge >= 0.3 is 0 Å². The molecular weight excluding hydrogens is 184 g/mol. The lowest BCUT2D eigenvalue weighted by atomic mass is 10.1. The third kappa shape index (κ3) is 4.55. The van der Waals surface area contributed by atoms with Crippen molar-refractivity contribution < 1.29 is 4.74 Å². The molecule has 1 saturated carbocycles. The van der Waals surface area contributed by atoms with Gasteiger partial charge in [-0.05, 0) is 32.1 Å². The summed E-state index contributed by atoms with van der Waals surface area (Å²) in [6.07, 6.45) is 10.9. The van der Waals surface area contributed by atoms with Crippen LogP contribution in [0.1, 0.15) is 72.1 Å². The Kier molecular flexibility index (Phi) is 5.66. The van der Waals surface area contributed by atoms with Gasteiger partial charge in [0.25, 0.3) is 0 Å². The zero-order valence-corrected chi connectivity index (χ0v) is 10.8. The molecule has 90 valence electrons. The number of hydrogen-bond acceptors (Lipinski definition) is 1. The molecule has 1 fully saturated rings. The lowest BCUT2D eigenvalue weighted by Crippen LogP contribution is -2.12. The topological polar surface area (TPSA) is 9.23 Å². The maximum absolute atomic E-state index is 5.88. The van der Waals surface area contributed by atoms with E-state index in [2.05, 4.69) is 20.8 Å². The summed E-state index contributed by atoms with van der Waals surface area (Å²) in [6, 6.07) is 0. The van der Waals surface area contributed by atoms with Crippen molar-refractivity contribution in [2.24, 2.45) is 5.92 Å². The molecule has 1 rings (SSSR count). The maximum Gasteiger partial charge on any atom is 0.0687 e.